The van der Waals surface area contributed by atoms with Crippen molar-refractivity contribution in [1.29, 1.82) is 5.26 Å². The van der Waals surface area contributed by atoms with Gasteiger partial charge in [0.05, 0.1) is 23.7 Å². The molecule has 0 saturated carbocycles. The number of hydrogen-bond acceptors (Lipinski definition) is 6. The predicted molar refractivity (Wildman–Crippen MR) is 116 cm³/mol. The van der Waals surface area contributed by atoms with Gasteiger partial charge in [0.15, 0.2) is 0 Å². The fraction of sp³-hybridized carbons (Fsp3) is 0.0909. The minimum Gasteiger partial charge on any atom is -0.496 e. The molecule has 1 amide bonds. The number of non-ortho nitro benzene ring substituents is 1. The van der Waals surface area contributed by atoms with E-state index < -0.39 is 10.8 Å². The number of ether oxygens (including phenoxy) is 1. The fourth-order valence-corrected chi connectivity index (χ4v) is 2.91. The van der Waals surface area contributed by atoms with Crippen molar-refractivity contribution in [2.24, 2.45) is 0 Å². The number of furan rings is 1. The highest BCUT2D eigenvalue weighted by molar-refractivity contribution is 6.31. The van der Waals surface area contributed by atoms with Gasteiger partial charge in [-0.3, -0.25) is 14.9 Å². The molecular formula is C22H16ClN3O5. The molecule has 0 aliphatic carbocycles. The summed E-state index contributed by atoms with van der Waals surface area (Å²) >= 11 is 6.06. The molecule has 1 N–H and O–H groups in total. The Morgan fingerprint density at radius 3 is 2.68 bits per heavy atom. The molecule has 9 heteroatoms. The summed E-state index contributed by atoms with van der Waals surface area (Å²) in [4.78, 5) is 22.9. The second-order valence-corrected chi connectivity index (χ2v) is 6.84. The van der Waals surface area contributed by atoms with Gasteiger partial charge < -0.3 is 14.5 Å². The van der Waals surface area contributed by atoms with Gasteiger partial charge in [0.1, 0.15) is 28.9 Å². The van der Waals surface area contributed by atoms with Crippen LogP contribution in [0.25, 0.3) is 17.4 Å². The Morgan fingerprint density at radius 1 is 1.26 bits per heavy atom. The van der Waals surface area contributed by atoms with Crippen LogP contribution >= 0.6 is 11.6 Å². The fourth-order valence-electron chi connectivity index (χ4n) is 2.73. The molecule has 1 heterocycles. The minimum atomic E-state index is -0.617. The second kappa shape index (κ2) is 9.15. The van der Waals surface area contributed by atoms with E-state index in [2.05, 4.69) is 5.32 Å². The first kappa shape index (κ1) is 21.6. The number of nitrogens with zero attached hydrogens (tertiary/aromatic N) is 2. The van der Waals surface area contributed by atoms with Crippen molar-refractivity contribution < 1.29 is 18.9 Å². The van der Waals surface area contributed by atoms with Crippen LogP contribution in [0.5, 0.6) is 5.75 Å². The van der Waals surface area contributed by atoms with E-state index in [1.165, 1.54) is 31.4 Å². The van der Waals surface area contributed by atoms with Gasteiger partial charge in [-0.15, -0.1) is 0 Å². The third kappa shape index (κ3) is 4.91. The van der Waals surface area contributed by atoms with E-state index in [9.17, 15) is 20.2 Å². The summed E-state index contributed by atoms with van der Waals surface area (Å²) in [6.45, 7) is 1.84. The molecular weight excluding hydrogens is 422 g/mol. The van der Waals surface area contributed by atoms with Crippen LogP contribution in [-0.2, 0) is 4.79 Å². The SMILES string of the molecule is COc1cc([N+](=O)[O-])ccc1-c1ccc(/C=C(/C#N)C(=O)Nc2ccc(C)c(Cl)c2)o1. The van der Waals surface area contributed by atoms with Gasteiger partial charge >= 0.3 is 0 Å². The first-order valence-electron chi connectivity index (χ1n) is 8.94. The zero-order chi connectivity index (χ0) is 22.5. The summed E-state index contributed by atoms with van der Waals surface area (Å²) in [6.07, 6.45) is 1.30. The summed E-state index contributed by atoms with van der Waals surface area (Å²) in [5.74, 6) is 0.256. The van der Waals surface area contributed by atoms with Crippen molar-refractivity contribution in [3.05, 3.63) is 80.6 Å². The molecule has 0 aliphatic rings. The molecule has 0 spiro atoms. The summed E-state index contributed by atoms with van der Waals surface area (Å²) < 4.78 is 10.9. The molecule has 2 aromatic carbocycles. The molecule has 0 radical (unpaired) electrons. The maximum atomic E-state index is 12.5. The maximum absolute atomic E-state index is 12.5. The van der Waals surface area contributed by atoms with Gasteiger partial charge in [-0.2, -0.15) is 5.26 Å². The average Bonchev–Trinajstić information content (AvgIpc) is 3.22. The number of carbonyl (C=O) groups is 1. The van der Waals surface area contributed by atoms with Gasteiger partial charge in [-0.25, -0.2) is 0 Å². The molecule has 0 aliphatic heterocycles. The Kier molecular flexibility index (Phi) is 6.38. The molecule has 31 heavy (non-hydrogen) atoms. The summed E-state index contributed by atoms with van der Waals surface area (Å²) in [6, 6.07) is 14.2. The minimum absolute atomic E-state index is 0.119. The lowest BCUT2D eigenvalue weighted by molar-refractivity contribution is -0.384. The lowest BCUT2D eigenvalue weighted by Gasteiger charge is -2.06. The maximum Gasteiger partial charge on any atom is 0.273 e. The lowest BCUT2D eigenvalue weighted by Crippen LogP contribution is -2.13. The van der Waals surface area contributed by atoms with Gasteiger partial charge in [-0.1, -0.05) is 17.7 Å². The van der Waals surface area contributed by atoms with E-state index in [1.54, 1.807) is 30.3 Å². The third-order valence-electron chi connectivity index (χ3n) is 4.37. The van der Waals surface area contributed by atoms with E-state index in [0.29, 0.717) is 22.0 Å². The molecule has 3 rings (SSSR count). The number of benzene rings is 2. The van der Waals surface area contributed by atoms with E-state index >= 15 is 0 Å². The van der Waals surface area contributed by atoms with Crippen molar-refractivity contribution in [3.8, 4) is 23.1 Å². The largest absolute Gasteiger partial charge is 0.496 e. The number of halogens is 1. The van der Waals surface area contributed by atoms with Crippen LogP contribution in [0.4, 0.5) is 11.4 Å². The van der Waals surface area contributed by atoms with Gasteiger partial charge in [0.2, 0.25) is 0 Å². The van der Waals surface area contributed by atoms with E-state index in [-0.39, 0.29) is 22.8 Å². The molecule has 0 unspecified atom stereocenters. The number of anilines is 1. The van der Waals surface area contributed by atoms with Gasteiger partial charge in [0.25, 0.3) is 11.6 Å². The predicted octanol–water partition coefficient (Wildman–Crippen LogP) is 5.37. The number of aryl methyl sites for hydroxylation is 1. The number of nitriles is 1. The van der Waals surface area contributed by atoms with E-state index in [4.69, 9.17) is 20.8 Å². The Bertz CT molecular complexity index is 1240. The number of methoxy groups -OCH3 is 1. The number of nitro groups is 1. The number of rotatable bonds is 6. The molecule has 0 saturated heterocycles. The molecule has 0 bridgehead atoms. The summed E-state index contributed by atoms with van der Waals surface area (Å²) in [7, 11) is 1.39. The smallest absolute Gasteiger partial charge is 0.273 e. The topological polar surface area (TPSA) is 118 Å². The van der Waals surface area contributed by atoms with Crippen molar-refractivity contribution in [3.63, 3.8) is 0 Å². The summed E-state index contributed by atoms with van der Waals surface area (Å²) in [5.41, 5.74) is 1.52. The van der Waals surface area contributed by atoms with Crippen molar-refractivity contribution >= 4 is 35.0 Å². The van der Waals surface area contributed by atoms with Crippen LogP contribution in [0.2, 0.25) is 5.02 Å². The van der Waals surface area contributed by atoms with Gasteiger partial charge in [0, 0.05) is 22.9 Å². The van der Waals surface area contributed by atoms with E-state index in [1.807, 2.05) is 13.0 Å². The Labute approximate surface area is 182 Å². The Hall–Kier alpha value is -4.09. The monoisotopic (exact) mass is 437 g/mol. The third-order valence-corrected chi connectivity index (χ3v) is 4.78. The van der Waals surface area contributed by atoms with Crippen LogP contribution in [0.1, 0.15) is 11.3 Å². The van der Waals surface area contributed by atoms with Crippen LogP contribution in [-0.4, -0.2) is 17.9 Å². The lowest BCUT2D eigenvalue weighted by atomic mass is 10.1. The number of amides is 1. The van der Waals surface area contributed by atoms with Gasteiger partial charge in [-0.05, 0) is 42.8 Å². The number of nitro benzene ring substituents is 1. The van der Waals surface area contributed by atoms with Crippen LogP contribution in [0, 0.1) is 28.4 Å². The second-order valence-electron chi connectivity index (χ2n) is 6.43. The van der Waals surface area contributed by atoms with Crippen molar-refractivity contribution in [1.82, 2.24) is 0 Å². The zero-order valence-electron chi connectivity index (χ0n) is 16.5. The average molecular weight is 438 g/mol. The molecule has 1 aromatic heterocycles. The highest BCUT2D eigenvalue weighted by atomic mass is 35.5. The zero-order valence-corrected chi connectivity index (χ0v) is 17.3. The van der Waals surface area contributed by atoms with Crippen molar-refractivity contribution in [2.45, 2.75) is 6.92 Å². The first-order valence-corrected chi connectivity index (χ1v) is 9.32. The highest BCUT2D eigenvalue weighted by Gasteiger charge is 2.16. The number of hydrogen-bond donors (Lipinski definition) is 1. The number of carbonyl (C=O) groups excluding carboxylic acids is 1. The Morgan fingerprint density at radius 2 is 2.03 bits per heavy atom. The molecule has 0 atom stereocenters. The first-order chi connectivity index (χ1) is 14.8. The quantitative estimate of drug-likeness (QED) is 0.239. The highest BCUT2D eigenvalue weighted by Crippen LogP contribution is 2.34. The summed E-state index contributed by atoms with van der Waals surface area (Å²) in [5, 5.41) is 23.4. The molecule has 0 fully saturated rings. The van der Waals surface area contributed by atoms with Crippen LogP contribution < -0.4 is 10.1 Å². The van der Waals surface area contributed by atoms with Crippen LogP contribution in [0.15, 0.2) is 58.5 Å². The standard InChI is InChI=1S/C22H16ClN3O5/c1-13-3-4-15(10-19(13)23)25-22(27)14(12-24)9-17-6-8-20(31-17)18-7-5-16(26(28)29)11-21(18)30-2/h3-11H,1-2H3,(H,25,27)/b14-9-. The molecule has 8 nitrogen and oxygen atoms in total. The van der Waals surface area contributed by atoms with Crippen LogP contribution in [0.3, 0.4) is 0 Å². The van der Waals surface area contributed by atoms with Crippen molar-refractivity contribution in [2.75, 3.05) is 12.4 Å². The Balaban J connectivity index is 1.85. The number of nitrogens with one attached hydrogen (secondary N) is 1. The van der Waals surface area contributed by atoms with E-state index in [0.717, 1.165) is 5.56 Å². The molecule has 3 aromatic rings. The normalized spacial score (nSPS) is 11.0. The molecule has 156 valence electrons.